The van der Waals surface area contributed by atoms with E-state index < -0.39 is 16.0 Å². The van der Waals surface area contributed by atoms with Crippen LogP contribution < -0.4 is 5.56 Å². The number of carbonyl (C=O) groups is 1. The maximum atomic E-state index is 13.8. The molecule has 0 saturated carbocycles. The van der Waals surface area contributed by atoms with E-state index in [9.17, 15) is 18.0 Å². The van der Waals surface area contributed by atoms with Crippen molar-refractivity contribution in [2.24, 2.45) is 0 Å². The zero-order valence-corrected chi connectivity index (χ0v) is 19.6. The van der Waals surface area contributed by atoms with Gasteiger partial charge in [-0.2, -0.15) is 4.31 Å². The second kappa shape index (κ2) is 9.62. The summed E-state index contributed by atoms with van der Waals surface area (Å²) >= 11 is 0. The van der Waals surface area contributed by atoms with Gasteiger partial charge in [0, 0.05) is 24.2 Å². The number of hydrogen-bond acceptors (Lipinski definition) is 5. The van der Waals surface area contributed by atoms with Crippen LogP contribution in [0.5, 0.6) is 0 Å². The molecular formula is C26H24N2O5S. The minimum absolute atomic E-state index is 0.0179. The van der Waals surface area contributed by atoms with Crippen molar-refractivity contribution in [1.82, 2.24) is 9.29 Å². The average Bonchev–Trinajstić information content (AvgIpc) is 2.84. The summed E-state index contributed by atoms with van der Waals surface area (Å²) in [6, 6.07) is 22.4. The Hall–Kier alpha value is -3.75. The molecule has 0 atom stereocenters. The minimum Gasteiger partial charge on any atom is -0.465 e. The largest absolute Gasteiger partial charge is 0.465 e. The number of H-pyrrole nitrogens is 1. The number of aromatic amines is 1. The van der Waals surface area contributed by atoms with Gasteiger partial charge in [-0.25, -0.2) is 13.2 Å². The Morgan fingerprint density at radius 2 is 1.65 bits per heavy atom. The van der Waals surface area contributed by atoms with Crippen LogP contribution >= 0.6 is 0 Å². The number of nitrogens with one attached hydrogen (secondary N) is 1. The number of pyridine rings is 1. The molecule has 8 heteroatoms. The van der Waals surface area contributed by atoms with Gasteiger partial charge in [0.25, 0.3) is 5.56 Å². The first-order chi connectivity index (χ1) is 16.3. The normalized spacial score (nSPS) is 11.6. The number of benzene rings is 3. The highest BCUT2D eigenvalue weighted by atomic mass is 32.2. The number of hydrogen-bond donors (Lipinski definition) is 1. The monoisotopic (exact) mass is 476 g/mol. The van der Waals surface area contributed by atoms with Gasteiger partial charge in [-0.05, 0) is 47.7 Å². The number of ether oxygens (including phenoxy) is 1. The molecule has 0 aliphatic rings. The maximum Gasteiger partial charge on any atom is 0.339 e. The summed E-state index contributed by atoms with van der Waals surface area (Å²) in [6.07, 6.45) is 0. The molecule has 0 bridgehead atoms. The number of nitrogens with zero attached hydrogens (tertiary/aromatic N) is 1. The van der Waals surface area contributed by atoms with Crippen LogP contribution in [0.4, 0.5) is 0 Å². The van der Waals surface area contributed by atoms with Gasteiger partial charge < -0.3 is 9.72 Å². The first-order valence-electron chi connectivity index (χ1n) is 10.6. The summed E-state index contributed by atoms with van der Waals surface area (Å²) in [7, 11) is -2.98. The summed E-state index contributed by atoms with van der Waals surface area (Å²) in [5.74, 6) is -0.752. The van der Waals surface area contributed by atoms with E-state index in [1.54, 1.807) is 18.2 Å². The first-order valence-corrected chi connectivity index (χ1v) is 12.1. The van der Waals surface area contributed by atoms with Crippen LogP contribution in [0.25, 0.3) is 10.9 Å². The number of sulfonamides is 1. The molecule has 0 unspecified atom stereocenters. The first kappa shape index (κ1) is 23.4. The lowest BCUT2D eigenvalue weighted by Gasteiger charge is -2.23. The molecule has 34 heavy (non-hydrogen) atoms. The molecule has 0 amide bonds. The third kappa shape index (κ3) is 4.78. The predicted molar refractivity (Wildman–Crippen MR) is 130 cm³/mol. The highest BCUT2D eigenvalue weighted by Crippen LogP contribution is 2.25. The van der Waals surface area contributed by atoms with Crippen LogP contribution in [0.2, 0.25) is 0 Å². The molecule has 0 radical (unpaired) electrons. The Morgan fingerprint density at radius 3 is 2.38 bits per heavy atom. The molecule has 4 aromatic rings. The van der Waals surface area contributed by atoms with Gasteiger partial charge in [-0.15, -0.1) is 0 Å². The fourth-order valence-electron chi connectivity index (χ4n) is 3.79. The van der Waals surface area contributed by atoms with Crippen molar-refractivity contribution < 1.29 is 17.9 Å². The summed E-state index contributed by atoms with van der Waals surface area (Å²) in [5, 5.41) is 0.798. The van der Waals surface area contributed by atoms with Crippen molar-refractivity contribution in [2.75, 3.05) is 7.11 Å². The maximum absolute atomic E-state index is 13.8. The standard InChI is InChI=1S/C26H24N2O5S/c1-18-12-13-20-15-21(25(29)27-23(20)14-18)17-28(16-19-8-4-3-5-9-19)34(31,32)24-11-7-6-10-22(24)26(30)33-2/h3-15H,16-17H2,1-2H3,(H,27,29). The third-order valence-electron chi connectivity index (χ3n) is 5.54. The highest BCUT2D eigenvalue weighted by molar-refractivity contribution is 7.89. The summed E-state index contributed by atoms with van der Waals surface area (Å²) in [5.41, 5.74) is 2.30. The number of rotatable bonds is 7. The average molecular weight is 477 g/mol. The Labute approximate surface area is 197 Å². The smallest absolute Gasteiger partial charge is 0.339 e. The number of aromatic nitrogens is 1. The number of methoxy groups -OCH3 is 1. The second-order valence-corrected chi connectivity index (χ2v) is 9.87. The molecule has 3 aromatic carbocycles. The van der Waals surface area contributed by atoms with E-state index in [4.69, 9.17) is 4.74 Å². The van der Waals surface area contributed by atoms with Gasteiger partial charge in [0.15, 0.2) is 0 Å². The van der Waals surface area contributed by atoms with Crippen molar-refractivity contribution in [3.8, 4) is 0 Å². The Morgan fingerprint density at radius 1 is 0.941 bits per heavy atom. The van der Waals surface area contributed by atoms with Crippen LogP contribution in [-0.4, -0.2) is 30.8 Å². The molecule has 7 nitrogen and oxygen atoms in total. The third-order valence-corrected chi connectivity index (χ3v) is 7.39. The van der Waals surface area contributed by atoms with Gasteiger partial charge in [-0.3, -0.25) is 4.79 Å². The van der Waals surface area contributed by atoms with E-state index in [-0.39, 0.29) is 29.1 Å². The molecule has 1 aromatic heterocycles. The van der Waals surface area contributed by atoms with Crippen molar-refractivity contribution in [2.45, 2.75) is 24.9 Å². The van der Waals surface area contributed by atoms with Crippen LogP contribution in [0, 0.1) is 6.92 Å². The number of aryl methyl sites for hydroxylation is 1. The summed E-state index contributed by atoms with van der Waals surface area (Å²) in [4.78, 5) is 27.8. The van der Waals surface area contributed by atoms with Crippen molar-refractivity contribution >= 4 is 26.9 Å². The zero-order chi connectivity index (χ0) is 24.3. The van der Waals surface area contributed by atoms with E-state index in [1.165, 1.54) is 23.5 Å². The lowest BCUT2D eigenvalue weighted by Crippen LogP contribution is -2.33. The fraction of sp³-hybridized carbons (Fsp3) is 0.154. The molecular weight excluding hydrogens is 452 g/mol. The molecule has 1 N–H and O–H groups in total. The predicted octanol–water partition coefficient (Wildman–Crippen LogP) is 4.01. The summed E-state index contributed by atoms with van der Waals surface area (Å²) in [6.45, 7) is 1.77. The van der Waals surface area contributed by atoms with Crippen molar-refractivity contribution in [3.05, 3.63) is 111 Å². The number of esters is 1. The van der Waals surface area contributed by atoms with Gasteiger partial charge in [-0.1, -0.05) is 54.6 Å². The van der Waals surface area contributed by atoms with Crippen LogP contribution in [-0.2, 0) is 27.8 Å². The minimum atomic E-state index is -4.18. The van der Waals surface area contributed by atoms with Crippen LogP contribution in [0.15, 0.2) is 88.6 Å². The molecule has 0 aliphatic carbocycles. The lowest BCUT2D eigenvalue weighted by molar-refractivity contribution is 0.0596. The molecule has 0 spiro atoms. The van der Waals surface area contributed by atoms with Crippen molar-refractivity contribution in [3.63, 3.8) is 0 Å². The Bertz CT molecular complexity index is 1510. The molecule has 0 fully saturated rings. The van der Waals surface area contributed by atoms with Gasteiger partial charge in [0.05, 0.1) is 17.6 Å². The van der Waals surface area contributed by atoms with E-state index in [0.717, 1.165) is 16.5 Å². The van der Waals surface area contributed by atoms with Gasteiger partial charge in [0.1, 0.15) is 0 Å². The van der Waals surface area contributed by atoms with Gasteiger partial charge in [0.2, 0.25) is 10.0 Å². The van der Waals surface area contributed by atoms with Crippen molar-refractivity contribution in [1.29, 1.82) is 0 Å². The molecule has 0 aliphatic heterocycles. The summed E-state index contributed by atoms with van der Waals surface area (Å²) < 4.78 is 33.6. The van der Waals surface area contributed by atoms with Gasteiger partial charge >= 0.3 is 5.97 Å². The molecule has 174 valence electrons. The van der Waals surface area contributed by atoms with E-state index in [2.05, 4.69) is 4.98 Å². The van der Waals surface area contributed by atoms with Crippen LogP contribution in [0.3, 0.4) is 0 Å². The topological polar surface area (TPSA) is 96.5 Å². The zero-order valence-electron chi connectivity index (χ0n) is 18.8. The number of fused-ring (bicyclic) bond motifs is 1. The quantitative estimate of drug-likeness (QED) is 0.407. The number of carbonyl (C=O) groups excluding carboxylic acids is 1. The second-order valence-electron chi connectivity index (χ2n) is 7.96. The van der Waals surface area contributed by atoms with E-state index in [1.807, 2.05) is 55.5 Å². The molecule has 4 rings (SSSR count). The highest BCUT2D eigenvalue weighted by Gasteiger charge is 2.30. The molecule has 0 saturated heterocycles. The van der Waals surface area contributed by atoms with Crippen LogP contribution in [0.1, 0.15) is 27.0 Å². The molecule has 1 heterocycles. The Kier molecular flexibility index (Phi) is 6.63. The van der Waals surface area contributed by atoms with E-state index >= 15 is 0 Å². The Balaban J connectivity index is 1.82. The SMILES string of the molecule is COC(=O)c1ccccc1S(=O)(=O)N(Cc1ccccc1)Cc1cc2ccc(C)cc2[nH]c1=O. The van der Waals surface area contributed by atoms with E-state index in [0.29, 0.717) is 11.1 Å². The lowest BCUT2D eigenvalue weighted by atomic mass is 10.1. The fourth-order valence-corrected chi connectivity index (χ4v) is 5.38.